The first-order valence-electron chi connectivity index (χ1n) is 7.23. The molecule has 0 aliphatic carbocycles. The van der Waals surface area contributed by atoms with E-state index in [2.05, 4.69) is 56.9 Å². The summed E-state index contributed by atoms with van der Waals surface area (Å²) in [6.45, 7) is 10.7. The average molecular weight is 248 g/mol. The fraction of sp³-hybridized carbons (Fsp3) is 0.625. The van der Waals surface area contributed by atoms with Crippen LogP contribution in [-0.4, -0.2) is 24.0 Å². The third-order valence-electron chi connectivity index (χ3n) is 3.94. The highest BCUT2D eigenvalue weighted by Crippen LogP contribution is 2.26. The number of benzene rings is 1. The lowest BCUT2D eigenvalue weighted by Crippen LogP contribution is -2.40. The Hall–Kier alpha value is -0.860. The summed E-state index contributed by atoms with van der Waals surface area (Å²) in [6, 6.07) is 9.63. The van der Waals surface area contributed by atoms with Crippen LogP contribution in [-0.2, 0) is 6.42 Å². The monoisotopic (exact) mass is 248 g/mol. The molecular weight excluding hydrogens is 220 g/mol. The zero-order chi connectivity index (χ0) is 13.5. The lowest BCUT2D eigenvalue weighted by Gasteiger charge is -2.36. The van der Waals surface area contributed by atoms with Crippen molar-refractivity contribution in [2.24, 2.45) is 5.73 Å². The molecule has 1 aromatic rings. The van der Waals surface area contributed by atoms with Gasteiger partial charge in [-0.05, 0) is 37.4 Å². The van der Waals surface area contributed by atoms with Crippen molar-refractivity contribution in [1.82, 2.24) is 4.90 Å². The molecule has 2 atom stereocenters. The summed E-state index contributed by atoms with van der Waals surface area (Å²) in [5.41, 5.74) is 8.89. The highest BCUT2D eigenvalue weighted by Gasteiger charge is 2.22. The summed E-state index contributed by atoms with van der Waals surface area (Å²) in [4.78, 5) is 2.52. The van der Waals surface area contributed by atoms with Crippen LogP contribution in [0.5, 0.6) is 0 Å². The Balaban J connectivity index is 3.07. The third-order valence-corrected chi connectivity index (χ3v) is 3.94. The van der Waals surface area contributed by atoms with Crippen LogP contribution in [0.3, 0.4) is 0 Å². The maximum Gasteiger partial charge on any atom is 0.0475 e. The smallest absolute Gasteiger partial charge is 0.0475 e. The van der Waals surface area contributed by atoms with Crippen LogP contribution in [0.4, 0.5) is 0 Å². The molecule has 0 heterocycles. The van der Waals surface area contributed by atoms with Crippen LogP contribution in [0.2, 0.25) is 0 Å². The average Bonchev–Trinajstić information content (AvgIpc) is 2.43. The van der Waals surface area contributed by atoms with Crippen molar-refractivity contribution in [3.8, 4) is 0 Å². The zero-order valence-corrected chi connectivity index (χ0v) is 12.3. The van der Waals surface area contributed by atoms with Crippen molar-refractivity contribution in [3.05, 3.63) is 35.4 Å². The van der Waals surface area contributed by atoms with Crippen molar-refractivity contribution < 1.29 is 0 Å². The normalized spacial score (nSPS) is 14.8. The largest absolute Gasteiger partial charge is 0.329 e. The van der Waals surface area contributed by atoms with E-state index in [0.29, 0.717) is 18.6 Å². The lowest BCUT2D eigenvalue weighted by atomic mass is 9.96. The van der Waals surface area contributed by atoms with Crippen LogP contribution >= 0.6 is 0 Å². The van der Waals surface area contributed by atoms with Gasteiger partial charge in [-0.2, -0.15) is 0 Å². The van der Waals surface area contributed by atoms with Crippen LogP contribution < -0.4 is 5.73 Å². The van der Waals surface area contributed by atoms with Gasteiger partial charge in [-0.1, -0.05) is 45.0 Å². The van der Waals surface area contributed by atoms with Gasteiger partial charge in [0.05, 0.1) is 0 Å². The summed E-state index contributed by atoms with van der Waals surface area (Å²) in [7, 11) is 0. The van der Waals surface area contributed by atoms with E-state index in [1.807, 2.05) is 0 Å². The molecule has 2 unspecified atom stereocenters. The Kier molecular flexibility index (Phi) is 6.37. The van der Waals surface area contributed by atoms with Gasteiger partial charge in [-0.3, -0.25) is 4.90 Å². The first kappa shape index (κ1) is 15.2. The third kappa shape index (κ3) is 3.33. The van der Waals surface area contributed by atoms with Gasteiger partial charge in [-0.25, -0.2) is 0 Å². The Labute approximate surface area is 112 Å². The van der Waals surface area contributed by atoms with Crippen molar-refractivity contribution in [2.45, 2.75) is 52.6 Å². The SMILES string of the molecule is CCc1ccccc1C(CN)N(CC)C(C)CC. The molecule has 0 amide bonds. The number of nitrogens with zero attached hydrogens (tertiary/aromatic N) is 1. The van der Waals surface area contributed by atoms with Crippen LogP contribution in [0.1, 0.15) is 51.3 Å². The second-order valence-electron chi connectivity index (χ2n) is 4.89. The Morgan fingerprint density at radius 3 is 2.33 bits per heavy atom. The summed E-state index contributed by atoms with van der Waals surface area (Å²) in [6.07, 6.45) is 2.24. The van der Waals surface area contributed by atoms with Gasteiger partial charge >= 0.3 is 0 Å². The maximum atomic E-state index is 6.06. The molecule has 0 radical (unpaired) electrons. The zero-order valence-electron chi connectivity index (χ0n) is 12.3. The maximum absolute atomic E-state index is 6.06. The molecule has 1 aromatic carbocycles. The molecule has 2 nitrogen and oxygen atoms in total. The highest BCUT2D eigenvalue weighted by atomic mass is 15.2. The molecule has 102 valence electrons. The van der Waals surface area contributed by atoms with Crippen molar-refractivity contribution >= 4 is 0 Å². The van der Waals surface area contributed by atoms with E-state index in [1.165, 1.54) is 17.5 Å². The van der Waals surface area contributed by atoms with E-state index in [4.69, 9.17) is 5.73 Å². The van der Waals surface area contributed by atoms with E-state index >= 15 is 0 Å². The molecule has 0 aliphatic rings. The number of likely N-dealkylation sites (N-methyl/N-ethyl adjacent to an activating group) is 1. The van der Waals surface area contributed by atoms with Crippen molar-refractivity contribution in [1.29, 1.82) is 0 Å². The van der Waals surface area contributed by atoms with Gasteiger partial charge in [0, 0.05) is 18.6 Å². The second kappa shape index (κ2) is 7.55. The van der Waals surface area contributed by atoms with Gasteiger partial charge in [0.15, 0.2) is 0 Å². The summed E-state index contributed by atoms with van der Waals surface area (Å²) >= 11 is 0. The fourth-order valence-electron chi connectivity index (χ4n) is 2.70. The van der Waals surface area contributed by atoms with Crippen molar-refractivity contribution in [3.63, 3.8) is 0 Å². The quantitative estimate of drug-likeness (QED) is 0.801. The number of aryl methyl sites for hydroxylation is 1. The number of nitrogens with two attached hydrogens (primary N) is 1. The van der Waals surface area contributed by atoms with E-state index in [0.717, 1.165) is 13.0 Å². The summed E-state index contributed by atoms with van der Waals surface area (Å²) < 4.78 is 0. The minimum absolute atomic E-state index is 0.348. The molecule has 0 aliphatic heterocycles. The molecule has 0 bridgehead atoms. The number of rotatable bonds is 7. The van der Waals surface area contributed by atoms with E-state index in [-0.39, 0.29) is 0 Å². The predicted molar refractivity (Wildman–Crippen MR) is 79.7 cm³/mol. The molecule has 0 saturated heterocycles. The van der Waals surface area contributed by atoms with E-state index in [1.54, 1.807) is 0 Å². The van der Waals surface area contributed by atoms with Gasteiger partial charge in [0.1, 0.15) is 0 Å². The standard InChI is InChI=1S/C16H28N2/c1-5-13(4)18(7-3)16(12-17)15-11-9-8-10-14(15)6-2/h8-11,13,16H,5-7,12,17H2,1-4H3. The molecule has 0 spiro atoms. The Bertz CT molecular complexity index is 349. The molecule has 0 aromatic heterocycles. The van der Waals surface area contributed by atoms with Crippen LogP contribution in [0.25, 0.3) is 0 Å². The van der Waals surface area contributed by atoms with Gasteiger partial charge in [-0.15, -0.1) is 0 Å². The molecule has 0 fully saturated rings. The van der Waals surface area contributed by atoms with Crippen LogP contribution in [0.15, 0.2) is 24.3 Å². The van der Waals surface area contributed by atoms with Crippen molar-refractivity contribution in [2.75, 3.05) is 13.1 Å². The minimum atomic E-state index is 0.348. The first-order valence-corrected chi connectivity index (χ1v) is 7.23. The lowest BCUT2D eigenvalue weighted by molar-refractivity contribution is 0.151. The summed E-state index contributed by atoms with van der Waals surface area (Å²) in [5.74, 6) is 0. The molecule has 2 N–H and O–H groups in total. The molecule has 2 heteroatoms. The predicted octanol–water partition coefficient (Wildman–Crippen LogP) is 3.37. The molecule has 0 saturated carbocycles. The minimum Gasteiger partial charge on any atom is -0.329 e. The molecule has 18 heavy (non-hydrogen) atoms. The Morgan fingerprint density at radius 1 is 1.17 bits per heavy atom. The molecular formula is C16H28N2. The topological polar surface area (TPSA) is 29.3 Å². The Morgan fingerprint density at radius 2 is 1.83 bits per heavy atom. The van der Waals surface area contributed by atoms with Gasteiger partial charge in [0.2, 0.25) is 0 Å². The summed E-state index contributed by atoms with van der Waals surface area (Å²) in [5, 5.41) is 0. The first-order chi connectivity index (χ1) is 8.69. The molecule has 1 rings (SSSR count). The van der Waals surface area contributed by atoms with Gasteiger partial charge in [0.25, 0.3) is 0 Å². The highest BCUT2D eigenvalue weighted by molar-refractivity contribution is 5.30. The van der Waals surface area contributed by atoms with Crippen LogP contribution in [0, 0.1) is 0 Å². The second-order valence-corrected chi connectivity index (χ2v) is 4.89. The van der Waals surface area contributed by atoms with Gasteiger partial charge < -0.3 is 5.73 Å². The number of hydrogen-bond donors (Lipinski definition) is 1. The number of hydrogen-bond acceptors (Lipinski definition) is 2. The van der Waals surface area contributed by atoms with E-state index < -0.39 is 0 Å². The fourth-order valence-corrected chi connectivity index (χ4v) is 2.70. The van der Waals surface area contributed by atoms with E-state index in [9.17, 15) is 0 Å².